The molecular formula is C26H40O6S2. The van der Waals surface area contributed by atoms with Crippen LogP contribution in [0.5, 0.6) is 5.75 Å². The van der Waals surface area contributed by atoms with E-state index in [-0.39, 0.29) is 29.4 Å². The molecule has 34 heavy (non-hydrogen) atoms. The van der Waals surface area contributed by atoms with Crippen molar-refractivity contribution in [1.29, 1.82) is 0 Å². The minimum absolute atomic E-state index is 0.190. The van der Waals surface area contributed by atoms with E-state index < -0.39 is 6.10 Å². The number of benzene rings is 1. The second-order valence-corrected chi connectivity index (χ2v) is 10.9. The number of esters is 2. The number of aliphatic hydroxyl groups excluding tert-OH is 1. The molecule has 1 aromatic rings. The summed E-state index contributed by atoms with van der Waals surface area (Å²) in [7, 11) is 2.75. The first-order valence-corrected chi connectivity index (χ1v) is 14.5. The lowest BCUT2D eigenvalue weighted by molar-refractivity contribution is -0.140. The molecule has 0 radical (unpaired) electrons. The summed E-state index contributed by atoms with van der Waals surface area (Å²) >= 11 is 2.89. The zero-order chi connectivity index (χ0) is 24.8. The highest BCUT2D eigenvalue weighted by Gasteiger charge is 2.29. The number of methoxy groups -OCH3 is 2. The monoisotopic (exact) mass is 512 g/mol. The van der Waals surface area contributed by atoms with Crippen molar-refractivity contribution in [2.45, 2.75) is 75.6 Å². The van der Waals surface area contributed by atoms with Crippen LogP contribution in [0.1, 0.15) is 80.6 Å². The predicted molar refractivity (Wildman–Crippen MR) is 140 cm³/mol. The van der Waals surface area contributed by atoms with Crippen molar-refractivity contribution in [2.24, 2.45) is 0 Å². The molecule has 192 valence electrons. The van der Waals surface area contributed by atoms with Gasteiger partial charge in [0.1, 0.15) is 5.75 Å². The fourth-order valence-electron chi connectivity index (χ4n) is 4.24. The van der Waals surface area contributed by atoms with E-state index in [2.05, 4.69) is 19.1 Å². The van der Waals surface area contributed by atoms with Crippen LogP contribution in [0, 0.1) is 0 Å². The van der Waals surface area contributed by atoms with Gasteiger partial charge in [0, 0.05) is 17.1 Å². The molecule has 8 heteroatoms. The van der Waals surface area contributed by atoms with E-state index in [0.717, 1.165) is 43.4 Å². The SMILES string of the molecule is CCCCCOc1c(C2CCCC2)cccc1C(SCCC(=O)OC)C(O)CSCC(=O)OC. The summed E-state index contributed by atoms with van der Waals surface area (Å²) in [5.41, 5.74) is 2.21. The Labute approximate surface area is 212 Å². The molecule has 1 aromatic carbocycles. The van der Waals surface area contributed by atoms with Crippen molar-refractivity contribution in [1.82, 2.24) is 0 Å². The highest BCUT2D eigenvalue weighted by atomic mass is 32.2. The molecule has 2 unspecified atom stereocenters. The van der Waals surface area contributed by atoms with E-state index in [1.165, 1.54) is 56.1 Å². The molecule has 2 atom stereocenters. The van der Waals surface area contributed by atoms with Gasteiger partial charge in [0.15, 0.2) is 0 Å². The number of ether oxygens (including phenoxy) is 3. The maximum absolute atomic E-state index is 11.7. The third kappa shape index (κ3) is 9.34. The largest absolute Gasteiger partial charge is 0.493 e. The number of carbonyl (C=O) groups is 2. The zero-order valence-corrected chi connectivity index (χ0v) is 22.4. The van der Waals surface area contributed by atoms with Crippen molar-refractivity contribution >= 4 is 35.5 Å². The molecule has 0 aromatic heterocycles. The number of carbonyl (C=O) groups excluding carboxylic acids is 2. The maximum atomic E-state index is 11.7. The first kappa shape index (κ1) is 28.9. The van der Waals surface area contributed by atoms with Gasteiger partial charge in [-0.25, -0.2) is 0 Å². The standard InChI is InChI=1S/C26H40O6S2/c1-4-5-8-15-32-25-20(19-10-6-7-11-19)12-9-13-21(25)26(34-16-14-23(28)30-2)22(27)17-33-18-24(29)31-3/h9,12-13,19,22,26-27H,4-8,10-11,14-18H2,1-3H3. The van der Waals surface area contributed by atoms with Crippen LogP contribution >= 0.6 is 23.5 Å². The fraction of sp³-hybridized carbons (Fsp3) is 0.692. The lowest BCUT2D eigenvalue weighted by Gasteiger charge is -2.27. The summed E-state index contributed by atoms with van der Waals surface area (Å²) in [6.07, 6.45) is 7.57. The highest BCUT2D eigenvalue weighted by molar-refractivity contribution is 8.00. The van der Waals surface area contributed by atoms with E-state index >= 15 is 0 Å². The molecule has 1 aliphatic carbocycles. The smallest absolute Gasteiger partial charge is 0.315 e. The van der Waals surface area contributed by atoms with Crippen molar-refractivity contribution in [3.8, 4) is 5.75 Å². The van der Waals surface area contributed by atoms with Gasteiger partial charge in [-0.3, -0.25) is 9.59 Å². The van der Waals surface area contributed by atoms with Crippen LogP contribution in [0.4, 0.5) is 0 Å². The van der Waals surface area contributed by atoms with E-state index in [4.69, 9.17) is 14.2 Å². The second-order valence-electron chi connectivity index (χ2n) is 8.58. The zero-order valence-electron chi connectivity index (χ0n) is 20.8. The molecule has 1 fully saturated rings. The van der Waals surface area contributed by atoms with Gasteiger partial charge in [0.25, 0.3) is 0 Å². The summed E-state index contributed by atoms with van der Waals surface area (Å²) in [6, 6.07) is 6.27. The minimum Gasteiger partial charge on any atom is -0.493 e. The molecule has 6 nitrogen and oxygen atoms in total. The molecule has 1 saturated carbocycles. The molecule has 2 rings (SSSR count). The van der Waals surface area contributed by atoms with Gasteiger partial charge in [-0.15, -0.1) is 11.8 Å². The van der Waals surface area contributed by atoms with Gasteiger partial charge in [0.05, 0.1) is 44.4 Å². The molecular weight excluding hydrogens is 472 g/mol. The number of hydrogen-bond acceptors (Lipinski definition) is 8. The van der Waals surface area contributed by atoms with E-state index in [1.807, 2.05) is 6.07 Å². The van der Waals surface area contributed by atoms with Crippen LogP contribution < -0.4 is 4.74 Å². The van der Waals surface area contributed by atoms with Crippen molar-refractivity contribution in [3.63, 3.8) is 0 Å². The van der Waals surface area contributed by atoms with Gasteiger partial charge < -0.3 is 19.3 Å². The molecule has 0 bridgehead atoms. The fourth-order valence-corrected chi connectivity index (χ4v) is 6.42. The van der Waals surface area contributed by atoms with Gasteiger partial charge >= 0.3 is 11.9 Å². The Kier molecular flexibility index (Phi) is 13.9. The van der Waals surface area contributed by atoms with E-state index in [1.54, 1.807) is 0 Å². The van der Waals surface area contributed by atoms with Crippen LogP contribution in [-0.4, -0.2) is 61.2 Å². The number of thioether (sulfide) groups is 2. The number of unbranched alkanes of at least 4 members (excludes halogenated alkanes) is 2. The van der Waals surface area contributed by atoms with Crippen LogP contribution in [0.3, 0.4) is 0 Å². The molecule has 0 saturated heterocycles. The number of aliphatic hydroxyl groups is 1. The molecule has 1 aliphatic rings. The number of para-hydroxylation sites is 1. The van der Waals surface area contributed by atoms with Crippen LogP contribution in [0.15, 0.2) is 18.2 Å². The minimum atomic E-state index is -0.714. The topological polar surface area (TPSA) is 82.1 Å². The lowest BCUT2D eigenvalue weighted by Crippen LogP contribution is -2.22. The highest BCUT2D eigenvalue weighted by Crippen LogP contribution is 2.45. The summed E-state index contributed by atoms with van der Waals surface area (Å²) in [5.74, 6) is 1.90. The Morgan fingerprint density at radius 2 is 1.85 bits per heavy atom. The van der Waals surface area contributed by atoms with Crippen LogP contribution in [0.2, 0.25) is 0 Å². The predicted octanol–water partition coefficient (Wildman–Crippen LogP) is 5.52. The Balaban J connectivity index is 2.29. The maximum Gasteiger partial charge on any atom is 0.315 e. The van der Waals surface area contributed by atoms with Gasteiger partial charge in [-0.1, -0.05) is 50.8 Å². The summed E-state index contributed by atoms with van der Waals surface area (Å²) in [5, 5.41) is 10.9. The summed E-state index contributed by atoms with van der Waals surface area (Å²) in [6.45, 7) is 2.82. The van der Waals surface area contributed by atoms with Crippen molar-refractivity contribution in [3.05, 3.63) is 29.3 Å². The van der Waals surface area contributed by atoms with Gasteiger partial charge in [0.2, 0.25) is 0 Å². The molecule has 0 heterocycles. The molecule has 0 aliphatic heterocycles. The third-order valence-corrected chi connectivity index (χ3v) is 8.47. The first-order valence-electron chi connectivity index (χ1n) is 12.3. The molecule has 0 spiro atoms. The molecule has 0 amide bonds. The van der Waals surface area contributed by atoms with Crippen LogP contribution in [-0.2, 0) is 19.1 Å². The number of rotatable bonds is 16. The van der Waals surface area contributed by atoms with Crippen molar-refractivity contribution < 1.29 is 28.9 Å². The Bertz CT molecular complexity index is 751. The second kappa shape index (κ2) is 16.3. The summed E-state index contributed by atoms with van der Waals surface area (Å²) in [4.78, 5) is 23.2. The average Bonchev–Trinajstić information content (AvgIpc) is 3.39. The van der Waals surface area contributed by atoms with E-state index in [9.17, 15) is 14.7 Å². The Hall–Kier alpha value is -1.38. The van der Waals surface area contributed by atoms with Crippen LogP contribution in [0.25, 0.3) is 0 Å². The third-order valence-electron chi connectivity index (χ3n) is 6.09. The Morgan fingerprint density at radius 1 is 1.12 bits per heavy atom. The number of hydrogen-bond donors (Lipinski definition) is 1. The lowest BCUT2D eigenvalue weighted by atomic mass is 9.93. The van der Waals surface area contributed by atoms with Crippen molar-refractivity contribution in [2.75, 3.05) is 38.1 Å². The summed E-state index contributed by atoms with van der Waals surface area (Å²) < 4.78 is 15.9. The van der Waals surface area contributed by atoms with Gasteiger partial charge in [-0.2, -0.15) is 11.8 Å². The Morgan fingerprint density at radius 3 is 2.53 bits per heavy atom. The van der Waals surface area contributed by atoms with E-state index in [0.29, 0.717) is 24.0 Å². The first-order chi connectivity index (χ1) is 16.5. The van der Waals surface area contributed by atoms with Gasteiger partial charge in [-0.05, 0) is 30.7 Å². The average molecular weight is 513 g/mol. The normalized spacial score (nSPS) is 15.6. The quantitative estimate of drug-likeness (QED) is 0.229. The molecule has 1 N–H and O–H groups in total.